The van der Waals surface area contributed by atoms with Crippen molar-refractivity contribution in [1.82, 2.24) is 24.3 Å². The number of alkyl halides is 3. The van der Waals surface area contributed by atoms with Crippen LogP contribution in [0.1, 0.15) is 5.89 Å². The van der Waals surface area contributed by atoms with Crippen LogP contribution < -0.4 is 10.4 Å². The first-order valence-electron chi connectivity index (χ1n) is 9.80. The summed E-state index contributed by atoms with van der Waals surface area (Å²) in [6.45, 7) is -0.0588. The number of ether oxygens (including phenoxy) is 1. The fraction of sp³-hybridized carbons (Fsp3) is 0.0909. The second kappa shape index (κ2) is 8.34. The zero-order chi connectivity index (χ0) is 23.9. The van der Waals surface area contributed by atoms with Crippen molar-refractivity contribution in [2.24, 2.45) is 0 Å². The molecule has 0 N–H and O–H groups in total. The van der Waals surface area contributed by atoms with Crippen LogP contribution in [-0.2, 0) is 6.54 Å². The highest BCUT2D eigenvalue weighted by atomic mass is 35.5. The van der Waals surface area contributed by atoms with Crippen LogP contribution in [0.2, 0.25) is 5.02 Å². The first-order valence-corrected chi connectivity index (χ1v) is 10.2. The van der Waals surface area contributed by atoms with Gasteiger partial charge in [0.15, 0.2) is 5.65 Å². The van der Waals surface area contributed by atoms with Crippen molar-refractivity contribution >= 4 is 17.2 Å². The van der Waals surface area contributed by atoms with Gasteiger partial charge in [-0.05, 0) is 47.5 Å². The first kappa shape index (κ1) is 21.7. The molecule has 0 aliphatic carbocycles. The molecule has 2 aromatic carbocycles. The summed E-state index contributed by atoms with van der Waals surface area (Å²) in [6, 6.07) is 15.7. The quantitative estimate of drug-likeness (QED) is 0.353. The summed E-state index contributed by atoms with van der Waals surface area (Å²) in [7, 11) is 0. The van der Waals surface area contributed by atoms with Crippen LogP contribution in [0.3, 0.4) is 0 Å². The molecular weight excluding hydrogens is 475 g/mol. The summed E-state index contributed by atoms with van der Waals surface area (Å²) in [5, 5.41) is 8.64. The molecule has 0 aliphatic rings. The van der Waals surface area contributed by atoms with Crippen molar-refractivity contribution in [2.45, 2.75) is 12.9 Å². The van der Waals surface area contributed by atoms with Crippen molar-refractivity contribution in [3.8, 4) is 28.3 Å². The maximum Gasteiger partial charge on any atom is 0.573 e. The highest BCUT2D eigenvalue weighted by Crippen LogP contribution is 2.27. The average Bonchev–Trinajstić information content (AvgIpc) is 3.38. The molecule has 3 aromatic heterocycles. The molecule has 0 amide bonds. The second-order valence-corrected chi connectivity index (χ2v) is 7.56. The van der Waals surface area contributed by atoms with Gasteiger partial charge in [-0.15, -0.1) is 18.3 Å². The van der Waals surface area contributed by atoms with Crippen molar-refractivity contribution in [2.75, 3.05) is 0 Å². The molecule has 34 heavy (non-hydrogen) atoms. The lowest BCUT2D eigenvalue weighted by Gasteiger charge is -2.09. The van der Waals surface area contributed by atoms with E-state index in [0.717, 1.165) is 0 Å². The van der Waals surface area contributed by atoms with E-state index < -0.39 is 12.1 Å². The van der Waals surface area contributed by atoms with E-state index in [1.807, 2.05) is 0 Å². The molecule has 0 saturated carbocycles. The number of aromatic nitrogens is 5. The smallest absolute Gasteiger partial charge is 0.406 e. The van der Waals surface area contributed by atoms with Gasteiger partial charge in [-0.3, -0.25) is 0 Å². The fourth-order valence-electron chi connectivity index (χ4n) is 3.34. The van der Waals surface area contributed by atoms with E-state index in [1.54, 1.807) is 42.6 Å². The van der Waals surface area contributed by atoms with E-state index in [1.165, 1.54) is 33.3 Å². The van der Waals surface area contributed by atoms with E-state index in [9.17, 15) is 18.0 Å². The van der Waals surface area contributed by atoms with Gasteiger partial charge >= 0.3 is 12.1 Å². The molecule has 0 bridgehead atoms. The monoisotopic (exact) mass is 487 g/mol. The lowest BCUT2D eigenvalue weighted by Crippen LogP contribution is -2.21. The van der Waals surface area contributed by atoms with E-state index in [4.69, 9.17) is 16.1 Å². The number of halogens is 4. The highest BCUT2D eigenvalue weighted by Gasteiger charge is 2.31. The van der Waals surface area contributed by atoms with Crippen molar-refractivity contribution in [3.63, 3.8) is 0 Å². The predicted molar refractivity (Wildman–Crippen MR) is 115 cm³/mol. The molecule has 12 heteroatoms. The van der Waals surface area contributed by atoms with Crippen LogP contribution in [-0.4, -0.2) is 30.7 Å². The average molecular weight is 488 g/mol. The van der Waals surface area contributed by atoms with Gasteiger partial charge in [0.25, 0.3) is 0 Å². The Labute approximate surface area is 193 Å². The fourth-order valence-corrected chi connectivity index (χ4v) is 3.56. The molecule has 172 valence electrons. The van der Waals surface area contributed by atoms with Gasteiger partial charge in [-0.25, -0.2) is 13.9 Å². The number of hydrogen-bond acceptors (Lipinski definition) is 6. The minimum absolute atomic E-state index is 0.0588. The Morgan fingerprint density at radius 2 is 1.74 bits per heavy atom. The standard InChI is InChI=1S/C22H13ClF3N5O3/c23-17-4-2-1-3-16(17)20-27-19(34-29-20)12-31-21(32)30-11-14(7-10-18(30)28-31)13-5-8-15(9-6-13)33-22(24,25)26/h1-11H,12H2. The van der Waals surface area contributed by atoms with Crippen molar-refractivity contribution < 1.29 is 22.4 Å². The molecule has 0 radical (unpaired) electrons. The van der Waals surface area contributed by atoms with Crippen molar-refractivity contribution in [1.29, 1.82) is 0 Å². The van der Waals surface area contributed by atoms with Crippen LogP contribution in [0.15, 0.2) is 76.2 Å². The van der Waals surface area contributed by atoms with E-state index >= 15 is 0 Å². The normalized spacial score (nSPS) is 11.8. The predicted octanol–water partition coefficient (Wildman–Crippen LogP) is 4.81. The Morgan fingerprint density at radius 1 is 1.00 bits per heavy atom. The molecule has 0 spiro atoms. The van der Waals surface area contributed by atoms with Gasteiger partial charge < -0.3 is 9.26 Å². The number of pyridine rings is 1. The number of fused-ring (bicyclic) bond motifs is 1. The first-order chi connectivity index (χ1) is 16.3. The maximum absolute atomic E-state index is 12.9. The largest absolute Gasteiger partial charge is 0.573 e. The molecular formula is C22H13ClF3N5O3. The molecule has 0 saturated heterocycles. The number of benzene rings is 2. The minimum Gasteiger partial charge on any atom is -0.406 e. The molecule has 0 atom stereocenters. The summed E-state index contributed by atoms with van der Waals surface area (Å²) in [4.78, 5) is 17.1. The van der Waals surface area contributed by atoms with E-state index in [-0.39, 0.29) is 24.0 Å². The summed E-state index contributed by atoms with van der Waals surface area (Å²) in [5.41, 5.74) is 1.71. The van der Waals surface area contributed by atoms with E-state index in [2.05, 4.69) is 20.0 Å². The van der Waals surface area contributed by atoms with Gasteiger partial charge in [0.1, 0.15) is 12.3 Å². The maximum atomic E-state index is 12.9. The van der Waals surface area contributed by atoms with E-state index in [0.29, 0.717) is 27.4 Å². The summed E-state index contributed by atoms with van der Waals surface area (Å²) in [6.07, 6.45) is -3.22. The Morgan fingerprint density at radius 3 is 2.47 bits per heavy atom. The number of hydrogen-bond donors (Lipinski definition) is 0. The molecule has 8 nitrogen and oxygen atoms in total. The zero-order valence-corrected chi connectivity index (χ0v) is 17.8. The Kier molecular flexibility index (Phi) is 5.33. The molecule has 0 aliphatic heterocycles. The highest BCUT2D eigenvalue weighted by molar-refractivity contribution is 6.33. The van der Waals surface area contributed by atoms with Crippen LogP contribution in [0.5, 0.6) is 5.75 Å². The Hall–Kier alpha value is -4.12. The molecule has 3 heterocycles. The van der Waals surface area contributed by atoms with Gasteiger partial charge in [-0.2, -0.15) is 4.98 Å². The molecule has 0 fully saturated rings. The van der Waals surface area contributed by atoms with Gasteiger partial charge in [0.05, 0.1) is 5.02 Å². The zero-order valence-electron chi connectivity index (χ0n) is 17.0. The number of rotatable bonds is 5. The number of nitrogens with zero attached hydrogens (tertiary/aromatic N) is 5. The third kappa shape index (κ3) is 4.37. The lowest BCUT2D eigenvalue weighted by atomic mass is 10.1. The van der Waals surface area contributed by atoms with Gasteiger partial charge in [0, 0.05) is 11.8 Å². The molecule has 5 rings (SSSR count). The van der Waals surface area contributed by atoms with Gasteiger partial charge in [-0.1, -0.05) is 41.0 Å². The molecule has 5 aromatic rings. The van der Waals surface area contributed by atoms with Crippen LogP contribution in [0, 0.1) is 0 Å². The van der Waals surface area contributed by atoms with Crippen molar-refractivity contribution in [3.05, 3.63) is 88.3 Å². The van der Waals surface area contributed by atoms with Crippen LogP contribution in [0.4, 0.5) is 13.2 Å². The molecule has 0 unspecified atom stereocenters. The third-order valence-corrected chi connectivity index (χ3v) is 5.20. The topological polar surface area (TPSA) is 87.5 Å². The van der Waals surface area contributed by atoms with Gasteiger partial charge in [0.2, 0.25) is 11.7 Å². The lowest BCUT2D eigenvalue weighted by molar-refractivity contribution is -0.274. The minimum atomic E-state index is -4.77. The second-order valence-electron chi connectivity index (χ2n) is 7.15. The Bertz CT molecular complexity index is 1540. The SMILES string of the molecule is O=c1n(Cc2nc(-c3ccccc3Cl)no2)nc2ccc(-c3ccc(OC(F)(F)F)cc3)cn12. The van der Waals surface area contributed by atoms with Crippen LogP contribution in [0.25, 0.3) is 28.2 Å². The van der Waals surface area contributed by atoms with Crippen LogP contribution >= 0.6 is 11.6 Å². The Balaban J connectivity index is 1.40. The summed E-state index contributed by atoms with van der Waals surface area (Å²) in [5.74, 6) is 0.122. The summed E-state index contributed by atoms with van der Waals surface area (Å²) < 4.78 is 48.7. The summed E-state index contributed by atoms with van der Waals surface area (Å²) >= 11 is 6.16. The third-order valence-electron chi connectivity index (χ3n) is 4.87.